The fourth-order valence-electron chi connectivity index (χ4n) is 3.42. The molecule has 0 aliphatic rings. The fraction of sp³-hybridized carbons (Fsp3) is 0.240. The Bertz CT molecular complexity index is 1380. The van der Waals surface area contributed by atoms with Crippen molar-refractivity contribution >= 4 is 50.9 Å². The van der Waals surface area contributed by atoms with Crippen LogP contribution >= 0.6 is 23.3 Å². The van der Waals surface area contributed by atoms with Gasteiger partial charge in [-0.05, 0) is 49.1 Å². The number of fused-ring (bicyclic) bond motifs is 1. The van der Waals surface area contributed by atoms with Crippen LogP contribution in [0.3, 0.4) is 0 Å². The zero-order chi connectivity index (χ0) is 24.1. The van der Waals surface area contributed by atoms with Gasteiger partial charge in [-0.15, -0.1) is 0 Å². The van der Waals surface area contributed by atoms with Gasteiger partial charge in [-0.3, -0.25) is 19.0 Å². The van der Waals surface area contributed by atoms with Crippen LogP contribution in [0.2, 0.25) is 0 Å². The molecular weight excluding hydrogens is 468 g/mol. The lowest BCUT2D eigenvalue weighted by atomic mass is 10.1. The second-order valence-corrected chi connectivity index (χ2v) is 9.47. The van der Waals surface area contributed by atoms with E-state index < -0.39 is 0 Å². The first kappa shape index (κ1) is 23.8. The number of aromatic nitrogens is 3. The molecule has 0 unspecified atom stereocenters. The van der Waals surface area contributed by atoms with Gasteiger partial charge in [0.2, 0.25) is 5.91 Å². The number of benzene rings is 2. The van der Waals surface area contributed by atoms with Crippen LogP contribution in [-0.4, -0.2) is 31.4 Å². The average molecular weight is 493 g/mol. The van der Waals surface area contributed by atoms with Crippen molar-refractivity contribution in [3.8, 4) is 11.3 Å². The summed E-state index contributed by atoms with van der Waals surface area (Å²) in [5.74, 6) is -0.155. The highest BCUT2D eigenvalue weighted by Gasteiger charge is 2.19. The van der Waals surface area contributed by atoms with E-state index >= 15 is 0 Å². The number of nitrogens with one attached hydrogen (secondary N) is 1. The van der Waals surface area contributed by atoms with Gasteiger partial charge in [-0.1, -0.05) is 55.4 Å². The molecule has 7 nitrogen and oxygen atoms in total. The van der Waals surface area contributed by atoms with Crippen molar-refractivity contribution < 1.29 is 9.59 Å². The van der Waals surface area contributed by atoms with Gasteiger partial charge in [0, 0.05) is 23.4 Å². The Kier molecular flexibility index (Phi) is 7.54. The molecule has 34 heavy (non-hydrogen) atoms. The maximum atomic E-state index is 13.3. The van der Waals surface area contributed by atoms with Gasteiger partial charge >= 0.3 is 0 Å². The Morgan fingerprint density at radius 1 is 1.09 bits per heavy atom. The smallest absolute Gasteiger partial charge is 0.273 e. The van der Waals surface area contributed by atoms with E-state index in [0.29, 0.717) is 38.9 Å². The third-order valence-electron chi connectivity index (χ3n) is 5.24. The minimum Gasteiger partial charge on any atom is -0.325 e. The number of carbonyl (C=O) groups excluding carboxylic acids is 2. The maximum Gasteiger partial charge on any atom is 0.273 e. The number of ketones is 1. The molecule has 0 fully saturated rings. The van der Waals surface area contributed by atoms with Crippen LogP contribution in [0.25, 0.3) is 21.5 Å². The lowest BCUT2D eigenvalue weighted by Crippen LogP contribution is -2.23. The number of carbonyl (C=O) groups is 2. The Balaban J connectivity index is 1.60. The molecule has 0 aliphatic carbocycles. The summed E-state index contributed by atoms with van der Waals surface area (Å²) >= 11 is 2.39. The van der Waals surface area contributed by atoms with Crippen molar-refractivity contribution in [1.82, 2.24) is 13.9 Å². The molecule has 2 aromatic carbocycles. The minimum atomic E-state index is -0.219. The summed E-state index contributed by atoms with van der Waals surface area (Å²) in [6, 6.07) is 16.4. The van der Waals surface area contributed by atoms with Crippen LogP contribution in [0.4, 0.5) is 5.69 Å². The predicted octanol–water partition coefficient (Wildman–Crippen LogP) is 5.25. The number of hydrogen-bond donors (Lipinski definition) is 1. The van der Waals surface area contributed by atoms with Gasteiger partial charge in [0.25, 0.3) is 5.56 Å². The van der Waals surface area contributed by atoms with Crippen LogP contribution in [0.1, 0.15) is 37.0 Å². The zero-order valence-corrected chi connectivity index (χ0v) is 20.5. The van der Waals surface area contributed by atoms with Crippen molar-refractivity contribution in [3.05, 3.63) is 70.5 Å². The van der Waals surface area contributed by atoms with Crippen molar-refractivity contribution in [3.63, 3.8) is 0 Å². The molecule has 0 saturated carbocycles. The second kappa shape index (κ2) is 10.8. The molecule has 0 radical (unpaired) electrons. The highest BCUT2D eigenvalue weighted by molar-refractivity contribution is 7.99. The van der Waals surface area contributed by atoms with Crippen molar-refractivity contribution in [2.24, 2.45) is 0 Å². The fourth-order valence-corrected chi connectivity index (χ4v) is 5.03. The number of anilines is 1. The summed E-state index contributed by atoms with van der Waals surface area (Å²) in [4.78, 5) is 42.1. The number of nitrogens with zero attached hydrogens (tertiary/aromatic N) is 3. The zero-order valence-electron chi connectivity index (χ0n) is 18.9. The van der Waals surface area contributed by atoms with E-state index in [2.05, 4.69) is 16.6 Å². The molecule has 2 heterocycles. The summed E-state index contributed by atoms with van der Waals surface area (Å²) in [5, 5.41) is 3.33. The first-order valence-corrected chi connectivity index (χ1v) is 12.7. The van der Waals surface area contributed by atoms with Crippen LogP contribution in [0.5, 0.6) is 0 Å². The standard InChI is InChI=1S/C25H24N4O3S2/c1-3-4-14-29-24(32)23-22(21(28-34-23)18-8-6-5-7-9-18)27-25(29)33-15-20(31)26-19-12-10-17(11-13-19)16(2)30/h5-13H,3-4,14-15H2,1-2H3,(H,26,31). The quantitative estimate of drug-likeness (QED) is 0.195. The monoisotopic (exact) mass is 492 g/mol. The number of rotatable bonds is 9. The third-order valence-corrected chi connectivity index (χ3v) is 7.04. The molecular formula is C25H24N4O3S2. The molecule has 2 aromatic heterocycles. The summed E-state index contributed by atoms with van der Waals surface area (Å²) in [6.45, 7) is 4.10. The molecule has 4 aromatic rings. The van der Waals surface area contributed by atoms with Crippen molar-refractivity contribution in [2.75, 3.05) is 11.1 Å². The van der Waals surface area contributed by atoms with E-state index in [0.717, 1.165) is 29.9 Å². The van der Waals surface area contributed by atoms with Gasteiger partial charge in [0.1, 0.15) is 15.9 Å². The molecule has 1 amide bonds. The summed E-state index contributed by atoms with van der Waals surface area (Å²) in [7, 11) is 0. The topological polar surface area (TPSA) is 93.9 Å². The molecule has 0 aliphatic heterocycles. The number of Topliss-reactive ketones (excluding diaryl/α,β-unsaturated/α-hetero) is 1. The molecule has 0 spiro atoms. The Morgan fingerprint density at radius 2 is 1.82 bits per heavy atom. The average Bonchev–Trinajstić information content (AvgIpc) is 3.27. The van der Waals surface area contributed by atoms with E-state index in [1.165, 1.54) is 18.7 Å². The lowest BCUT2D eigenvalue weighted by Gasteiger charge is -2.12. The molecule has 4 rings (SSSR count). The Labute approximate surface area is 205 Å². The van der Waals surface area contributed by atoms with Crippen LogP contribution in [0.15, 0.2) is 64.5 Å². The van der Waals surface area contributed by atoms with E-state index in [1.54, 1.807) is 28.8 Å². The van der Waals surface area contributed by atoms with Gasteiger partial charge < -0.3 is 5.32 Å². The van der Waals surface area contributed by atoms with Crippen molar-refractivity contribution in [1.29, 1.82) is 0 Å². The summed E-state index contributed by atoms with van der Waals surface area (Å²) in [5.41, 5.74) is 3.21. The SMILES string of the molecule is CCCCn1c(SCC(=O)Nc2ccc(C(C)=O)cc2)nc2c(-c3ccccc3)nsc2c1=O. The number of thioether (sulfide) groups is 1. The van der Waals surface area contributed by atoms with Gasteiger partial charge in [-0.2, -0.15) is 4.37 Å². The molecule has 0 atom stereocenters. The van der Waals surface area contributed by atoms with Crippen LogP contribution in [0, 0.1) is 0 Å². The first-order chi connectivity index (χ1) is 16.5. The number of amides is 1. The van der Waals surface area contributed by atoms with E-state index in [-0.39, 0.29) is 23.0 Å². The first-order valence-electron chi connectivity index (χ1n) is 11.0. The second-order valence-electron chi connectivity index (χ2n) is 7.75. The highest BCUT2D eigenvalue weighted by Crippen LogP contribution is 2.29. The molecule has 174 valence electrons. The molecule has 9 heteroatoms. The molecule has 0 saturated heterocycles. The van der Waals surface area contributed by atoms with E-state index in [4.69, 9.17) is 4.98 Å². The number of unbranched alkanes of at least 4 members (excludes halogenated alkanes) is 1. The lowest BCUT2D eigenvalue weighted by molar-refractivity contribution is -0.113. The largest absolute Gasteiger partial charge is 0.325 e. The predicted molar refractivity (Wildman–Crippen MR) is 138 cm³/mol. The maximum absolute atomic E-state index is 13.3. The number of hydrogen-bond acceptors (Lipinski definition) is 7. The summed E-state index contributed by atoms with van der Waals surface area (Å²) in [6.07, 6.45) is 1.77. The Morgan fingerprint density at radius 3 is 2.50 bits per heavy atom. The van der Waals surface area contributed by atoms with Crippen LogP contribution < -0.4 is 10.9 Å². The van der Waals surface area contributed by atoms with Crippen LogP contribution in [-0.2, 0) is 11.3 Å². The van der Waals surface area contributed by atoms with E-state index in [1.807, 2.05) is 30.3 Å². The highest BCUT2D eigenvalue weighted by atomic mass is 32.2. The minimum absolute atomic E-state index is 0.0299. The van der Waals surface area contributed by atoms with Crippen molar-refractivity contribution in [2.45, 2.75) is 38.4 Å². The molecule has 0 bridgehead atoms. The Hall–Kier alpha value is -3.30. The summed E-state index contributed by atoms with van der Waals surface area (Å²) < 4.78 is 6.69. The van der Waals surface area contributed by atoms with E-state index in [9.17, 15) is 14.4 Å². The normalized spacial score (nSPS) is 11.0. The van der Waals surface area contributed by atoms with Gasteiger partial charge in [0.05, 0.1) is 5.75 Å². The molecule has 1 N–H and O–H groups in total. The van der Waals surface area contributed by atoms with Gasteiger partial charge in [-0.25, -0.2) is 4.98 Å². The third kappa shape index (κ3) is 5.26. The van der Waals surface area contributed by atoms with Gasteiger partial charge in [0.15, 0.2) is 10.9 Å².